The van der Waals surface area contributed by atoms with Gasteiger partial charge in [-0.15, -0.1) is 0 Å². The number of hydrogen-bond acceptors (Lipinski definition) is 5. The molecule has 0 atom stereocenters. The van der Waals surface area contributed by atoms with Crippen LogP contribution in [0.2, 0.25) is 0 Å². The maximum absolute atomic E-state index is 12.1. The van der Waals surface area contributed by atoms with E-state index in [0.717, 1.165) is 23.5 Å². The minimum atomic E-state index is -0.196. The lowest BCUT2D eigenvalue weighted by Gasteiger charge is -2.10. The molecule has 1 heterocycles. The van der Waals surface area contributed by atoms with E-state index in [2.05, 4.69) is 10.3 Å². The van der Waals surface area contributed by atoms with Crippen LogP contribution in [0, 0.1) is 5.92 Å². The standard InChI is InChI=1S/C25H26N2O4/c28-24(26-14-21-8-13-25(27-15-21)31-17-20-6-7-20)18-30-23-11-9-22(10-12-23)29-16-19-4-2-1-3-5-19/h1-5,8-13,15,20H,6-7,14,16-18H2,(H,26,28). The van der Waals surface area contributed by atoms with Crippen molar-refractivity contribution in [3.05, 3.63) is 84.1 Å². The smallest absolute Gasteiger partial charge is 0.258 e. The van der Waals surface area contributed by atoms with Gasteiger partial charge in [0.2, 0.25) is 5.88 Å². The molecule has 1 N–H and O–H groups in total. The first-order chi connectivity index (χ1) is 15.2. The SMILES string of the molecule is O=C(COc1ccc(OCc2ccccc2)cc1)NCc1ccc(OCC2CC2)nc1. The summed E-state index contributed by atoms with van der Waals surface area (Å²) in [5, 5.41) is 2.83. The highest BCUT2D eigenvalue weighted by Crippen LogP contribution is 2.29. The van der Waals surface area contributed by atoms with E-state index < -0.39 is 0 Å². The lowest BCUT2D eigenvalue weighted by Crippen LogP contribution is -2.28. The summed E-state index contributed by atoms with van der Waals surface area (Å²) in [4.78, 5) is 16.3. The average molecular weight is 418 g/mol. The number of carbonyl (C=O) groups is 1. The molecule has 160 valence electrons. The summed E-state index contributed by atoms with van der Waals surface area (Å²) >= 11 is 0. The van der Waals surface area contributed by atoms with Crippen LogP contribution in [0.5, 0.6) is 17.4 Å². The minimum absolute atomic E-state index is 0.0553. The maximum Gasteiger partial charge on any atom is 0.258 e. The van der Waals surface area contributed by atoms with Gasteiger partial charge in [0, 0.05) is 18.8 Å². The third-order valence-electron chi connectivity index (χ3n) is 4.89. The molecule has 6 nitrogen and oxygen atoms in total. The topological polar surface area (TPSA) is 69.7 Å². The first kappa shape index (κ1) is 20.7. The Hall–Kier alpha value is -3.54. The van der Waals surface area contributed by atoms with Crippen molar-refractivity contribution in [2.75, 3.05) is 13.2 Å². The number of nitrogens with zero attached hydrogens (tertiary/aromatic N) is 1. The second-order valence-electron chi connectivity index (χ2n) is 7.57. The second kappa shape index (κ2) is 10.5. The van der Waals surface area contributed by atoms with Crippen molar-refractivity contribution in [1.82, 2.24) is 10.3 Å². The molecule has 1 amide bonds. The molecule has 6 heteroatoms. The molecule has 1 saturated carbocycles. The molecule has 31 heavy (non-hydrogen) atoms. The quantitative estimate of drug-likeness (QED) is 0.507. The summed E-state index contributed by atoms with van der Waals surface area (Å²) in [6, 6.07) is 21.0. The molecular formula is C25H26N2O4. The van der Waals surface area contributed by atoms with E-state index in [1.807, 2.05) is 54.6 Å². The van der Waals surface area contributed by atoms with Crippen molar-refractivity contribution in [1.29, 1.82) is 0 Å². The Balaban J connectivity index is 1.14. The van der Waals surface area contributed by atoms with E-state index in [9.17, 15) is 4.79 Å². The fraction of sp³-hybridized carbons (Fsp3) is 0.280. The fourth-order valence-corrected chi connectivity index (χ4v) is 2.86. The van der Waals surface area contributed by atoms with Gasteiger partial charge in [-0.3, -0.25) is 4.79 Å². The highest BCUT2D eigenvalue weighted by molar-refractivity contribution is 5.77. The largest absolute Gasteiger partial charge is 0.489 e. The van der Waals surface area contributed by atoms with Gasteiger partial charge < -0.3 is 19.5 Å². The van der Waals surface area contributed by atoms with Gasteiger partial charge in [0.1, 0.15) is 18.1 Å². The number of amides is 1. The predicted molar refractivity (Wildman–Crippen MR) is 117 cm³/mol. The molecule has 0 saturated heterocycles. The number of nitrogens with one attached hydrogen (secondary N) is 1. The van der Waals surface area contributed by atoms with Gasteiger partial charge in [0.05, 0.1) is 6.61 Å². The van der Waals surface area contributed by atoms with Gasteiger partial charge in [-0.25, -0.2) is 4.98 Å². The fourth-order valence-electron chi connectivity index (χ4n) is 2.86. The first-order valence-corrected chi connectivity index (χ1v) is 10.5. The highest BCUT2D eigenvalue weighted by Gasteiger charge is 2.22. The van der Waals surface area contributed by atoms with E-state index >= 15 is 0 Å². The van der Waals surface area contributed by atoms with Crippen LogP contribution in [0.1, 0.15) is 24.0 Å². The zero-order valence-corrected chi connectivity index (χ0v) is 17.3. The molecule has 0 aliphatic heterocycles. The van der Waals surface area contributed by atoms with Crippen LogP contribution >= 0.6 is 0 Å². The number of rotatable bonds is 11. The molecule has 1 fully saturated rings. The van der Waals surface area contributed by atoms with E-state index in [-0.39, 0.29) is 12.5 Å². The Kier molecular flexibility index (Phi) is 7.00. The Bertz CT molecular complexity index is 955. The second-order valence-corrected chi connectivity index (χ2v) is 7.57. The molecule has 0 spiro atoms. The molecular weight excluding hydrogens is 392 g/mol. The molecule has 2 aromatic carbocycles. The van der Waals surface area contributed by atoms with Gasteiger partial charge in [-0.1, -0.05) is 36.4 Å². The predicted octanol–water partition coefficient (Wildman–Crippen LogP) is 4.14. The summed E-state index contributed by atoms with van der Waals surface area (Å²) in [5.41, 5.74) is 2.02. The molecule has 4 rings (SSSR count). The van der Waals surface area contributed by atoms with Crippen LogP contribution in [0.3, 0.4) is 0 Å². The number of aromatic nitrogens is 1. The van der Waals surface area contributed by atoms with E-state index in [0.29, 0.717) is 30.7 Å². The van der Waals surface area contributed by atoms with Crippen LogP contribution in [0.25, 0.3) is 0 Å². The van der Waals surface area contributed by atoms with Crippen molar-refractivity contribution in [3.8, 4) is 17.4 Å². The summed E-state index contributed by atoms with van der Waals surface area (Å²) in [6.45, 7) is 1.58. The number of hydrogen-bond donors (Lipinski definition) is 1. The third kappa shape index (κ3) is 7.03. The van der Waals surface area contributed by atoms with Crippen LogP contribution in [-0.4, -0.2) is 24.1 Å². The van der Waals surface area contributed by atoms with E-state index in [1.54, 1.807) is 18.3 Å². The van der Waals surface area contributed by atoms with Gasteiger partial charge >= 0.3 is 0 Å². The Morgan fingerprint density at radius 2 is 1.61 bits per heavy atom. The zero-order valence-electron chi connectivity index (χ0n) is 17.3. The minimum Gasteiger partial charge on any atom is -0.489 e. The van der Waals surface area contributed by atoms with Crippen LogP contribution in [0.15, 0.2) is 72.9 Å². The molecule has 1 aromatic heterocycles. The zero-order chi connectivity index (χ0) is 21.3. The van der Waals surface area contributed by atoms with Crippen molar-refractivity contribution in [2.24, 2.45) is 5.92 Å². The highest BCUT2D eigenvalue weighted by atomic mass is 16.5. The molecule has 3 aromatic rings. The van der Waals surface area contributed by atoms with Crippen molar-refractivity contribution in [2.45, 2.75) is 26.0 Å². The van der Waals surface area contributed by atoms with Gasteiger partial charge in [0.25, 0.3) is 5.91 Å². The van der Waals surface area contributed by atoms with Crippen molar-refractivity contribution >= 4 is 5.91 Å². The van der Waals surface area contributed by atoms with Crippen LogP contribution in [0.4, 0.5) is 0 Å². The average Bonchev–Trinajstić information content (AvgIpc) is 3.65. The van der Waals surface area contributed by atoms with Crippen LogP contribution < -0.4 is 19.5 Å². The van der Waals surface area contributed by atoms with E-state index in [4.69, 9.17) is 14.2 Å². The Labute approximate surface area is 182 Å². The Morgan fingerprint density at radius 3 is 2.29 bits per heavy atom. The van der Waals surface area contributed by atoms with Gasteiger partial charge in [-0.05, 0) is 54.2 Å². The molecule has 1 aliphatic rings. The normalized spacial score (nSPS) is 12.8. The lowest BCUT2D eigenvalue weighted by atomic mass is 10.2. The molecule has 0 radical (unpaired) electrons. The van der Waals surface area contributed by atoms with Gasteiger partial charge in [0.15, 0.2) is 6.61 Å². The van der Waals surface area contributed by atoms with E-state index in [1.165, 1.54) is 12.8 Å². The number of ether oxygens (including phenoxy) is 3. The van der Waals surface area contributed by atoms with Gasteiger partial charge in [-0.2, -0.15) is 0 Å². The number of pyridine rings is 1. The Morgan fingerprint density at radius 1 is 0.871 bits per heavy atom. The summed E-state index contributed by atoms with van der Waals surface area (Å²) in [5.74, 6) is 2.48. The molecule has 0 unspecified atom stereocenters. The maximum atomic E-state index is 12.1. The number of carbonyl (C=O) groups excluding carboxylic acids is 1. The third-order valence-corrected chi connectivity index (χ3v) is 4.89. The first-order valence-electron chi connectivity index (χ1n) is 10.5. The molecule has 1 aliphatic carbocycles. The summed E-state index contributed by atoms with van der Waals surface area (Å²) < 4.78 is 16.9. The van der Waals surface area contributed by atoms with Crippen molar-refractivity contribution < 1.29 is 19.0 Å². The van der Waals surface area contributed by atoms with Crippen molar-refractivity contribution in [3.63, 3.8) is 0 Å². The lowest BCUT2D eigenvalue weighted by molar-refractivity contribution is -0.123. The van der Waals surface area contributed by atoms with Crippen LogP contribution in [-0.2, 0) is 17.9 Å². The summed E-state index contributed by atoms with van der Waals surface area (Å²) in [6.07, 6.45) is 4.22. The molecule has 0 bridgehead atoms. The monoisotopic (exact) mass is 418 g/mol. The number of benzene rings is 2. The summed E-state index contributed by atoms with van der Waals surface area (Å²) in [7, 11) is 0.